The first-order valence-corrected chi connectivity index (χ1v) is 8.95. The molecule has 0 saturated carbocycles. The van der Waals surface area contributed by atoms with E-state index < -0.39 is 11.4 Å². The molecule has 5 heteroatoms. The van der Waals surface area contributed by atoms with E-state index in [1.807, 2.05) is 24.3 Å². The van der Waals surface area contributed by atoms with Gasteiger partial charge >= 0.3 is 5.97 Å². The second-order valence-corrected chi connectivity index (χ2v) is 7.26. The van der Waals surface area contributed by atoms with Gasteiger partial charge in [0.05, 0.1) is 17.5 Å². The SMILES string of the molecule is O=C(O)Cc1csc(C2(c3ccccc3F)Cc3ccccc3C2)n1. The zero-order chi connectivity index (χ0) is 17.4. The van der Waals surface area contributed by atoms with Crippen LogP contribution < -0.4 is 0 Å². The van der Waals surface area contributed by atoms with Crippen LogP contribution in [0.4, 0.5) is 4.39 Å². The second-order valence-electron chi connectivity index (χ2n) is 6.40. The number of benzene rings is 2. The van der Waals surface area contributed by atoms with Gasteiger partial charge in [-0.1, -0.05) is 42.5 Å². The van der Waals surface area contributed by atoms with Crippen molar-refractivity contribution in [2.24, 2.45) is 0 Å². The van der Waals surface area contributed by atoms with E-state index >= 15 is 0 Å². The van der Waals surface area contributed by atoms with Crippen molar-refractivity contribution >= 4 is 17.3 Å². The van der Waals surface area contributed by atoms with Crippen molar-refractivity contribution in [1.82, 2.24) is 4.98 Å². The van der Waals surface area contributed by atoms with Gasteiger partial charge in [-0.15, -0.1) is 11.3 Å². The fraction of sp³-hybridized carbons (Fsp3) is 0.200. The number of aliphatic carboxylic acids is 1. The van der Waals surface area contributed by atoms with Gasteiger partial charge in [-0.3, -0.25) is 4.79 Å². The molecule has 0 bridgehead atoms. The zero-order valence-corrected chi connectivity index (χ0v) is 14.2. The standard InChI is InChI=1S/C20H16FNO2S/c21-17-8-4-3-7-16(17)20(10-13-5-1-2-6-14(13)11-20)19-22-15(12-25-19)9-18(23)24/h1-8,12H,9-11H2,(H,23,24). The minimum absolute atomic E-state index is 0.114. The summed E-state index contributed by atoms with van der Waals surface area (Å²) in [5.41, 5.74) is 2.97. The highest BCUT2D eigenvalue weighted by molar-refractivity contribution is 7.09. The summed E-state index contributed by atoms with van der Waals surface area (Å²) in [5.74, 6) is -1.16. The number of carboxylic acid groups (broad SMARTS) is 1. The minimum Gasteiger partial charge on any atom is -0.481 e. The predicted octanol–water partition coefficient (Wildman–Crippen LogP) is 3.99. The first-order valence-electron chi connectivity index (χ1n) is 8.07. The number of nitrogens with zero attached hydrogens (tertiary/aromatic N) is 1. The summed E-state index contributed by atoms with van der Waals surface area (Å²) in [5, 5.41) is 11.6. The van der Waals surface area contributed by atoms with E-state index in [4.69, 9.17) is 5.11 Å². The van der Waals surface area contributed by atoms with Crippen LogP contribution in [-0.4, -0.2) is 16.1 Å². The molecule has 1 aliphatic carbocycles. The van der Waals surface area contributed by atoms with E-state index in [0.717, 1.165) is 5.01 Å². The fourth-order valence-corrected chi connectivity index (χ4v) is 4.72. The molecule has 0 unspecified atom stereocenters. The first-order chi connectivity index (χ1) is 12.1. The molecule has 0 spiro atoms. The number of aromatic nitrogens is 1. The van der Waals surface area contributed by atoms with Crippen molar-refractivity contribution in [2.75, 3.05) is 0 Å². The van der Waals surface area contributed by atoms with Gasteiger partial charge in [-0.05, 0) is 30.0 Å². The lowest BCUT2D eigenvalue weighted by Crippen LogP contribution is -2.30. The number of carbonyl (C=O) groups is 1. The largest absolute Gasteiger partial charge is 0.481 e. The molecule has 0 atom stereocenters. The number of fused-ring (bicyclic) bond motifs is 1. The van der Waals surface area contributed by atoms with E-state index in [9.17, 15) is 9.18 Å². The molecule has 1 heterocycles. The Bertz CT molecular complexity index is 925. The number of halogens is 1. The van der Waals surface area contributed by atoms with Crippen molar-refractivity contribution < 1.29 is 14.3 Å². The molecular weight excluding hydrogens is 337 g/mol. The number of thiazole rings is 1. The van der Waals surface area contributed by atoms with Crippen LogP contribution in [0.1, 0.15) is 27.4 Å². The number of rotatable bonds is 4. The summed E-state index contributed by atoms with van der Waals surface area (Å²) in [4.78, 5) is 15.6. The van der Waals surface area contributed by atoms with Crippen LogP contribution >= 0.6 is 11.3 Å². The summed E-state index contributed by atoms with van der Waals surface area (Å²) >= 11 is 1.42. The van der Waals surface area contributed by atoms with Crippen LogP contribution in [-0.2, 0) is 29.5 Å². The third kappa shape index (κ3) is 2.74. The maximum absolute atomic E-state index is 14.7. The van der Waals surface area contributed by atoms with E-state index in [1.165, 1.54) is 28.5 Å². The molecule has 2 aromatic carbocycles. The molecular formula is C20H16FNO2S. The highest BCUT2D eigenvalue weighted by Gasteiger charge is 2.44. The highest BCUT2D eigenvalue weighted by atomic mass is 32.1. The van der Waals surface area contributed by atoms with E-state index in [1.54, 1.807) is 11.4 Å². The topological polar surface area (TPSA) is 50.2 Å². The van der Waals surface area contributed by atoms with Crippen molar-refractivity contribution in [3.05, 3.63) is 87.1 Å². The normalized spacial score (nSPS) is 15.1. The Morgan fingerprint density at radius 2 is 1.76 bits per heavy atom. The van der Waals surface area contributed by atoms with E-state index in [0.29, 0.717) is 24.1 Å². The molecule has 3 nitrogen and oxygen atoms in total. The van der Waals surface area contributed by atoms with Gasteiger partial charge in [-0.2, -0.15) is 0 Å². The van der Waals surface area contributed by atoms with Crippen molar-refractivity contribution in [1.29, 1.82) is 0 Å². The lowest BCUT2D eigenvalue weighted by molar-refractivity contribution is -0.136. The molecule has 1 aromatic heterocycles. The molecule has 126 valence electrons. The van der Waals surface area contributed by atoms with Crippen LogP contribution in [0, 0.1) is 5.82 Å². The third-order valence-electron chi connectivity index (χ3n) is 4.79. The number of hydrogen-bond acceptors (Lipinski definition) is 3. The predicted molar refractivity (Wildman–Crippen MR) is 94.5 cm³/mol. The molecule has 1 N–H and O–H groups in total. The zero-order valence-electron chi connectivity index (χ0n) is 13.4. The molecule has 0 amide bonds. The summed E-state index contributed by atoms with van der Waals surface area (Å²) in [6.07, 6.45) is 1.23. The Hall–Kier alpha value is -2.53. The summed E-state index contributed by atoms with van der Waals surface area (Å²) in [7, 11) is 0. The quantitative estimate of drug-likeness (QED) is 0.771. The maximum atomic E-state index is 14.7. The molecule has 25 heavy (non-hydrogen) atoms. The Morgan fingerprint density at radius 1 is 1.12 bits per heavy atom. The molecule has 3 aromatic rings. The smallest absolute Gasteiger partial charge is 0.309 e. The molecule has 0 fully saturated rings. The highest BCUT2D eigenvalue weighted by Crippen LogP contribution is 2.46. The van der Waals surface area contributed by atoms with Crippen molar-refractivity contribution in [2.45, 2.75) is 24.7 Å². The lowest BCUT2D eigenvalue weighted by atomic mass is 9.78. The number of hydrogen-bond donors (Lipinski definition) is 1. The van der Waals surface area contributed by atoms with E-state index in [-0.39, 0.29) is 12.2 Å². The molecule has 4 rings (SSSR count). The Morgan fingerprint density at radius 3 is 2.40 bits per heavy atom. The van der Waals surface area contributed by atoms with Gasteiger partial charge in [0.2, 0.25) is 0 Å². The van der Waals surface area contributed by atoms with Gasteiger partial charge in [0.15, 0.2) is 0 Å². The van der Waals surface area contributed by atoms with Crippen LogP contribution in [0.2, 0.25) is 0 Å². The molecule has 0 aliphatic heterocycles. The number of carboxylic acids is 1. The van der Waals surface area contributed by atoms with Crippen LogP contribution in [0.3, 0.4) is 0 Å². The lowest BCUT2D eigenvalue weighted by Gasteiger charge is -2.28. The molecule has 1 aliphatic rings. The Labute approximate surface area is 148 Å². The van der Waals surface area contributed by atoms with Crippen LogP contribution in [0.25, 0.3) is 0 Å². The van der Waals surface area contributed by atoms with E-state index in [2.05, 4.69) is 17.1 Å². The molecule has 0 saturated heterocycles. The fourth-order valence-electron chi connectivity index (χ4n) is 3.68. The molecule has 0 radical (unpaired) electrons. The minimum atomic E-state index is -0.911. The third-order valence-corrected chi connectivity index (χ3v) is 5.88. The monoisotopic (exact) mass is 353 g/mol. The van der Waals surface area contributed by atoms with Crippen LogP contribution in [0.15, 0.2) is 53.9 Å². The van der Waals surface area contributed by atoms with Gasteiger partial charge in [0.25, 0.3) is 0 Å². The average molecular weight is 353 g/mol. The van der Waals surface area contributed by atoms with Gasteiger partial charge in [-0.25, -0.2) is 9.37 Å². The van der Waals surface area contributed by atoms with Gasteiger partial charge < -0.3 is 5.11 Å². The van der Waals surface area contributed by atoms with Gasteiger partial charge in [0.1, 0.15) is 10.8 Å². The van der Waals surface area contributed by atoms with Crippen molar-refractivity contribution in [3.63, 3.8) is 0 Å². The summed E-state index contributed by atoms with van der Waals surface area (Å²) in [6.45, 7) is 0. The maximum Gasteiger partial charge on any atom is 0.309 e. The second kappa shape index (κ2) is 6.08. The Balaban J connectivity index is 1.85. The first kappa shape index (κ1) is 16.0. The average Bonchev–Trinajstić information content (AvgIpc) is 3.19. The summed E-state index contributed by atoms with van der Waals surface area (Å²) < 4.78 is 14.7. The van der Waals surface area contributed by atoms with Crippen LogP contribution in [0.5, 0.6) is 0 Å². The summed E-state index contributed by atoms with van der Waals surface area (Å²) in [6, 6.07) is 15.0. The van der Waals surface area contributed by atoms with Gasteiger partial charge in [0, 0.05) is 10.9 Å². The Kier molecular flexibility index (Phi) is 3.88. The van der Waals surface area contributed by atoms with Crippen molar-refractivity contribution in [3.8, 4) is 0 Å².